The van der Waals surface area contributed by atoms with Crippen molar-refractivity contribution in [3.05, 3.63) is 35.7 Å². The molecule has 1 fully saturated rings. The van der Waals surface area contributed by atoms with Crippen LogP contribution in [0.15, 0.2) is 28.9 Å². The average Bonchev–Trinajstić information content (AvgIpc) is 3.30. The third kappa shape index (κ3) is 2.55. The van der Waals surface area contributed by atoms with Gasteiger partial charge in [-0.1, -0.05) is 0 Å². The third-order valence-corrected chi connectivity index (χ3v) is 4.10. The molecule has 0 bridgehead atoms. The number of rotatable bonds is 3. The van der Waals surface area contributed by atoms with Crippen molar-refractivity contribution >= 4 is 23.0 Å². The largest absolute Gasteiger partial charge is 0.463 e. The van der Waals surface area contributed by atoms with Crippen LogP contribution in [-0.2, 0) is 21.3 Å². The second kappa shape index (κ2) is 5.73. The van der Waals surface area contributed by atoms with E-state index in [9.17, 15) is 9.59 Å². The number of furan rings is 1. The minimum Gasteiger partial charge on any atom is -0.463 e. The van der Waals surface area contributed by atoms with Crippen LogP contribution in [0.3, 0.4) is 0 Å². The molecule has 4 rings (SSSR count). The summed E-state index contributed by atoms with van der Waals surface area (Å²) in [6, 6.07) is 5.08. The van der Waals surface area contributed by atoms with Crippen molar-refractivity contribution in [3.63, 3.8) is 0 Å². The summed E-state index contributed by atoms with van der Waals surface area (Å²) in [4.78, 5) is 28.8. The smallest absolute Gasteiger partial charge is 0.347 e. The molecule has 4 heterocycles. The van der Waals surface area contributed by atoms with Crippen LogP contribution in [0.5, 0.6) is 0 Å². The Kier molecular flexibility index (Phi) is 3.52. The van der Waals surface area contributed by atoms with Crippen molar-refractivity contribution in [2.24, 2.45) is 7.05 Å². The van der Waals surface area contributed by atoms with Gasteiger partial charge in [-0.05, 0) is 25.1 Å². The number of hydrogen-bond donors (Lipinski definition) is 0. The van der Waals surface area contributed by atoms with Crippen molar-refractivity contribution in [2.75, 3.05) is 6.61 Å². The molecule has 1 aliphatic heterocycles. The van der Waals surface area contributed by atoms with Crippen LogP contribution in [0, 0.1) is 6.92 Å². The average molecular weight is 341 g/mol. The van der Waals surface area contributed by atoms with E-state index in [-0.39, 0.29) is 6.61 Å². The van der Waals surface area contributed by atoms with Gasteiger partial charge in [-0.3, -0.25) is 4.68 Å². The Balaban J connectivity index is 1.83. The Morgan fingerprint density at radius 3 is 2.96 bits per heavy atom. The van der Waals surface area contributed by atoms with Gasteiger partial charge >= 0.3 is 11.9 Å². The number of esters is 2. The van der Waals surface area contributed by atoms with E-state index in [2.05, 4.69) is 10.1 Å². The van der Waals surface area contributed by atoms with E-state index >= 15 is 0 Å². The van der Waals surface area contributed by atoms with Gasteiger partial charge < -0.3 is 13.9 Å². The van der Waals surface area contributed by atoms with Crippen molar-refractivity contribution in [1.29, 1.82) is 0 Å². The van der Waals surface area contributed by atoms with Crippen molar-refractivity contribution in [2.45, 2.75) is 19.4 Å². The molecule has 0 aromatic carbocycles. The van der Waals surface area contributed by atoms with E-state index < -0.39 is 18.0 Å². The number of cyclic esters (lactones) is 1. The van der Waals surface area contributed by atoms with Crippen LogP contribution in [0.2, 0.25) is 0 Å². The van der Waals surface area contributed by atoms with E-state index in [0.29, 0.717) is 40.2 Å². The zero-order valence-electron chi connectivity index (χ0n) is 13.7. The van der Waals surface area contributed by atoms with E-state index in [1.165, 1.54) is 6.26 Å². The summed E-state index contributed by atoms with van der Waals surface area (Å²) in [6.07, 6.45) is 1.01. The van der Waals surface area contributed by atoms with Crippen LogP contribution >= 0.6 is 0 Å². The van der Waals surface area contributed by atoms with Crippen LogP contribution in [0.1, 0.15) is 22.5 Å². The Hall–Kier alpha value is -3.16. The molecule has 0 saturated carbocycles. The number of hydrogen-bond acceptors (Lipinski definition) is 7. The summed E-state index contributed by atoms with van der Waals surface area (Å²) in [5, 5.41) is 4.92. The summed E-state index contributed by atoms with van der Waals surface area (Å²) >= 11 is 0. The van der Waals surface area contributed by atoms with Gasteiger partial charge in [0.15, 0.2) is 11.4 Å². The number of carbonyl (C=O) groups is 2. The SMILES string of the molecule is Cc1nn(C)c2nc(-c3ccco3)cc(C(=O)O[C@H]3CCOC3=O)c12. The molecule has 1 saturated heterocycles. The monoisotopic (exact) mass is 341 g/mol. The molecule has 3 aromatic rings. The third-order valence-electron chi connectivity index (χ3n) is 4.10. The number of carbonyl (C=O) groups excluding carboxylic acids is 2. The Labute approximate surface area is 142 Å². The number of pyridine rings is 1. The molecule has 0 unspecified atom stereocenters. The van der Waals surface area contributed by atoms with Crippen LogP contribution in [-0.4, -0.2) is 39.4 Å². The Morgan fingerprint density at radius 1 is 1.44 bits per heavy atom. The van der Waals surface area contributed by atoms with Gasteiger partial charge in [-0.25, -0.2) is 14.6 Å². The predicted octanol–water partition coefficient (Wildman–Crippen LogP) is 2.01. The number of aryl methyl sites for hydroxylation is 2. The normalized spacial score (nSPS) is 17.0. The first-order valence-corrected chi connectivity index (χ1v) is 7.80. The molecule has 8 nitrogen and oxygen atoms in total. The van der Waals surface area contributed by atoms with Gasteiger partial charge in [0.25, 0.3) is 0 Å². The zero-order valence-corrected chi connectivity index (χ0v) is 13.7. The van der Waals surface area contributed by atoms with Gasteiger partial charge in [0, 0.05) is 13.5 Å². The van der Waals surface area contributed by atoms with Gasteiger partial charge in [0.1, 0.15) is 5.69 Å². The van der Waals surface area contributed by atoms with Gasteiger partial charge in [0.2, 0.25) is 6.10 Å². The molecule has 128 valence electrons. The number of fused-ring (bicyclic) bond motifs is 1. The summed E-state index contributed by atoms with van der Waals surface area (Å²) < 4.78 is 17.2. The maximum absolute atomic E-state index is 12.7. The highest BCUT2D eigenvalue weighted by atomic mass is 16.6. The highest BCUT2D eigenvalue weighted by Crippen LogP contribution is 2.28. The Bertz CT molecular complexity index is 974. The summed E-state index contributed by atoms with van der Waals surface area (Å²) in [5.41, 5.74) is 1.97. The van der Waals surface area contributed by atoms with E-state index in [4.69, 9.17) is 13.9 Å². The van der Waals surface area contributed by atoms with Crippen LogP contribution in [0.25, 0.3) is 22.5 Å². The first-order valence-electron chi connectivity index (χ1n) is 7.80. The van der Waals surface area contributed by atoms with E-state index in [1.54, 1.807) is 36.9 Å². The highest BCUT2D eigenvalue weighted by molar-refractivity contribution is 6.05. The number of aromatic nitrogens is 3. The highest BCUT2D eigenvalue weighted by Gasteiger charge is 2.32. The zero-order chi connectivity index (χ0) is 17.6. The second-order valence-electron chi connectivity index (χ2n) is 5.79. The Morgan fingerprint density at radius 2 is 2.28 bits per heavy atom. The van der Waals surface area contributed by atoms with Crippen molar-refractivity contribution in [3.8, 4) is 11.5 Å². The van der Waals surface area contributed by atoms with Gasteiger partial charge in [0.05, 0.1) is 29.5 Å². The molecular weight excluding hydrogens is 326 g/mol. The molecule has 0 spiro atoms. The first kappa shape index (κ1) is 15.4. The lowest BCUT2D eigenvalue weighted by molar-refractivity contribution is -0.145. The lowest BCUT2D eigenvalue weighted by atomic mass is 10.1. The molecule has 1 aliphatic rings. The number of ether oxygens (including phenoxy) is 2. The summed E-state index contributed by atoms with van der Waals surface area (Å²) in [5.74, 6) is -0.608. The predicted molar refractivity (Wildman–Crippen MR) is 85.7 cm³/mol. The standard InChI is InChI=1S/C17H15N3O5/c1-9-14-10(16(21)25-13-5-7-24-17(13)22)8-11(12-4-3-6-23-12)18-15(14)20(2)19-9/h3-4,6,8,13H,5,7H2,1-2H3/t13-/m0/s1. The lowest BCUT2D eigenvalue weighted by Gasteiger charge is -2.10. The maximum atomic E-state index is 12.7. The van der Waals surface area contributed by atoms with Crippen molar-refractivity contribution in [1.82, 2.24) is 14.8 Å². The summed E-state index contributed by atoms with van der Waals surface area (Å²) in [7, 11) is 1.75. The lowest BCUT2D eigenvalue weighted by Crippen LogP contribution is -2.23. The van der Waals surface area contributed by atoms with Crippen molar-refractivity contribution < 1.29 is 23.5 Å². The fourth-order valence-electron chi connectivity index (χ4n) is 2.93. The fraction of sp³-hybridized carbons (Fsp3) is 0.294. The molecule has 8 heteroatoms. The first-order chi connectivity index (χ1) is 12.0. The topological polar surface area (TPSA) is 96.5 Å². The fourth-order valence-corrected chi connectivity index (χ4v) is 2.93. The molecular formula is C17H15N3O5. The second-order valence-corrected chi connectivity index (χ2v) is 5.79. The molecule has 0 aliphatic carbocycles. The minimum absolute atomic E-state index is 0.256. The molecule has 1 atom stereocenters. The molecule has 0 N–H and O–H groups in total. The van der Waals surface area contributed by atoms with E-state index in [1.807, 2.05) is 0 Å². The summed E-state index contributed by atoms with van der Waals surface area (Å²) in [6.45, 7) is 2.04. The number of nitrogens with zero attached hydrogens (tertiary/aromatic N) is 3. The van der Waals surface area contributed by atoms with Crippen LogP contribution < -0.4 is 0 Å². The molecule has 0 amide bonds. The quantitative estimate of drug-likeness (QED) is 0.672. The molecule has 0 radical (unpaired) electrons. The maximum Gasteiger partial charge on any atom is 0.347 e. The van der Waals surface area contributed by atoms with Gasteiger partial charge in [-0.2, -0.15) is 5.10 Å². The van der Waals surface area contributed by atoms with E-state index in [0.717, 1.165) is 0 Å². The molecule has 3 aromatic heterocycles. The minimum atomic E-state index is -0.875. The van der Waals surface area contributed by atoms with Crippen LogP contribution in [0.4, 0.5) is 0 Å². The van der Waals surface area contributed by atoms with Gasteiger partial charge in [-0.15, -0.1) is 0 Å². The molecule has 25 heavy (non-hydrogen) atoms.